The van der Waals surface area contributed by atoms with E-state index in [2.05, 4.69) is 36.0 Å². The highest BCUT2D eigenvalue weighted by molar-refractivity contribution is 7.09. The van der Waals surface area contributed by atoms with Gasteiger partial charge < -0.3 is 15.4 Å². The van der Waals surface area contributed by atoms with Crippen molar-refractivity contribution in [2.75, 3.05) is 24.6 Å². The molecule has 1 atom stereocenters. The van der Waals surface area contributed by atoms with Gasteiger partial charge in [0, 0.05) is 29.7 Å². The van der Waals surface area contributed by atoms with Gasteiger partial charge in [0.05, 0.1) is 30.1 Å². The fourth-order valence-electron chi connectivity index (χ4n) is 2.65. The number of aromatic nitrogens is 2. The summed E-state index contributed by atoms with van der Waals surface area (Å²) in [5.74, 6) is -0.467. The zero-order valence-electron chi connectivity index (χ0n) is 14.2. The van der Waals surface area contributed by atoms with Crippen LogP contribution in [0.15, 0.2) is 23.8 Å². The summed E-state index contributed by atoms with van der Waals surface area (Å²) in [5, 5.41) is 3.07. The average molecular weight is 346 g/mol. The Morgan fingerprint density at radius 1 is 1.46 bits per heavy atom. The standard InChI is InChI=1S/C17H22N4O2S/c1-17(2,3)14-10-24-16(20-14)13-9-21(6-7-23-13)12-4-5-19-8-11(12)15(18)22/h4-5,8,10,13H,6-7,9H2,1-3H3,(H2,18,22)/t13-/m1/s1. The van der Waals surface area contributed by atoms with Crippen LogP contribution in [0.4, 0.5) is 5.69 Å². The number of rotatable bonds is 3. The molecule has 1 aliphatic rings. The molecule has 7 heteroatoms. The van der Waals surface area contributed by atoms with E-state index in [1.807, 2.05) is 6.07 Å². The van der Waals surface area contributed by atoms with E-state index in [4.69, 9.17) is 15.5 Å². The lowest BCUT2D eigenvalue weighted by Crippen LogP contribution is -2.39. The maximum absolute atomic E-state index is 11.6. The number of pyridine rings is 1. The summed E-state index contributed by atoms with van der Waals surface area (Å²) < 4.78 is 5.92. The van der Waals surface area contributed by atoms with Crippen LogP contribution in [0.3, 0.4) is 0 Å². The number of anilines is 1. The summed E-state index contributed by atoms with van der Waals surface area (Å²) in [5.41, 5.74) is 7.81. The summed E-state index contributed by atoms with van der Waals surface area (Å²) in [6, 6.07) is 1.82. The van der Waals surface area contributed by atoms with E-state index in [1.165, 1.54) is 6.20 Å². The van der Waals surface area contributed by atoms with Crippen molar-refractivity contribution in [3.05, 3.63) is 40.1 Å². The largest absolute Gasteiger partial charge is 0.367 e. The van der Waals surface area contributed by atoms with Crippen LogP contribution in [-0.4, -0.2) is 35.6 Å². The molecule has 1 amide bonds. The number of carbonyl (C=O) groups is 1. The minimum Gasteiger partial charge on any atom is -0.367 e. The smallest absolute Gasteiger partial charge is 0.252 e. The highest BCUT2D eigenvalue weighted by atomic mass is 32.1. The van der Waals surface area contributed by atoms with Gasteiger partial charge in [-0.15, -0.1) is 11.3 Å². The molecule has 0 radical (unpaired) electrons. The summed E-state index contributed by atoms with van der Waals surface area (Å²) in [4.78, 5) is 22.5. The van der Waals surface area contributed by atoms with Gasteiger partial charge in [-0.25, -0.2) is 4.98 Å². The number of hydrogen-bond acceptors (Lipinski definition) is 6. The molecule has 2 aromatic rings. The van der Waals surface area contributed by atoms with E-state index in [0.29, 0.717) is 25.3 Å². The zero-order chi connectivity index (χ0) is 17.3. The van der Waals surface area contributed by atoms with Crippen molar-refractivity contribution >= 4 is 22.9 Å². The first-order chi connectivity index (χ1) is 11.4. The number of nitrogens with two attached hydrogens (primary N) is 1. The summed E-state index contributed by atoms with van der Waals surface area (Å²) in [6.07, 6.45) is 3.09. The SMILES string of the molecule is CC(C)(C)c1csc([C@H]2CN(c3ccncc3C(N)=O)CCO2)n1. The Balaban J connectivity index is 1.83. The molecule has 3 rings (SSSR count). The van der Waals surface area contributed by atoms with Crippen molar-refractivity contribution in [1.82, 2.24) is 9.97 Å². The first-order valence-electron chi connectivity index (χ1n) is 7.92. The quantitative estimate of drug-likeness (QED) is 0.923. The molecule has 128 valence electrons. The summed E-state index contributed by atoms with van der Waals surface area (Å²) >= 11 is 1.62. The van der Waals surface area contributed by atoms with Crippen molar-refractivity contribution in [1.29, 1.82) is 0 Å². The van der Waals surface area contributed by atoms with Crippen LogP contribution in [0.5, 0.6) is 0 Å². The molecule has 2 aromatic heterocycles. The number of carbonyl (C=O) groups excluding carboxylic acids is 1. The van der Waals surface area contributed by atoms with E-state index < -0.39 is 5.91 Å². The lowest BCUT2D eigenvalue weighted by molar-refractivity contribution is 0.0394. The Morgan fingerprint density at radius 3 is 2.92 bits per heavy atom. The zero-order valence-corrected chi connectivity index (χ0v) is 15.0. The molecule has 0 saturated carbocycles. The minimum absolute atomic E-state index is 0.0212. The van der Waals surface area contributed by atoms with Crippen LogP contribution in [0.25, 0.3) is 0 Å². The molecule has 3 heterocycles. The van der Waals surface area contributed by atoms with Crippen molar-refractivity contribution < 1.29 is 9.53 Å². The number of amides is 1. The fourth-order valence-corrected chi connectivity index (χ4v) is 3.73. The third-order valence-electron chi connectivity index (χ3n) is 4.04. The van der Waals surface area contributed by atoms with Gasteiger partial charge in [0.15, 0.2) is 0 Å². The Hall–Kier alpha value is -1.99. The number of morpholine rings is 1. The van der Waals surface area contributed by atoms with Crippen LogP contribution >= 0.6 is 11.3 Å². The lowest BCUT2D eigenvalue weighted by Gasteiger charge is -2.34. The first-order valence-corrected chi connectivity index (χ1v) is 8.80. The minimum atomic E-state index is -0.467. The molecule has 2 N–H and O–H groups in total. The highest BCUT2D eigenvalue weighted by Crippen LogP contribution is 2.32. The monoisotopic (exact) mass is 346 g/mol. The van der Waals surface area contributed by atoms with Gasteiger partial charge >= 0.3 is 0 Å². The van der Waals surface area contributed by atoms with E-state index in [1.54, 1.807) is 17.5 Å². The van der Waals surface area contributed by atoms with Gasteiger partial charge in [0.1, 0.15) is 11.1 Å². The Kier molecular flexibility index (Phi) is 4.56. The molecule has 0 aromatic carbocycles. The van der Waals surface area contributed by atoms with E-state index >= 15 is 0 Å². The van der Waals surface area contributed by atoms with Crippen LogP contribution in [-0.2, 0) is 10.2 Å². The molecule has 0 bridgehead atoms. The van der Waals surface area contributed by atoms with E-state index in [-0.39, 0.29) is 11.5 Å². The molecule has 0 spiro atoms. The molecule has 1 aliphatic heterocycles. The second-order valence-electron chi connectivity index (χ2n) is 6.88. The van der Waals surface area contributed by atoms with Gasteiger partial charge in [0.25, 0.3) is 5.91 Å². The lowest BCUT2D eigenvalue weighted by atomic mass is 9.93. The molecular formula is C17H22N4O2S. The van der Waals surface area contributed by atoms with Crippen molar-refractivity contribution in [2.45, 2.75) is 32.3 Å². The number of nitrogens with zero attached hydrogens (tertiary/aromatic N) is 3. The van der Waals surface area contributed by atoms with Gasteiger partial charge in [-0.2, -0.15) is 0 Å². The Labute approximate surface area is 145 Å². The Bertz CT molecular complexity index is 738. The third-order valence-corrected chi connectivity index (χ3v) is 4.97. The van der Waals surface area contributed by atoms with Crippen molar-refractivity contribution in [2.24, 2.45) is 5.73 Å². The van der Waals surface area contributed by atoms with Crippen LogP contribution < -0.4 is 10.6 Å². The maximum atomic E-state index is 11.6. The Morgan fingerprint density at radius 2 is 2.25 bits per heavy atom. The number of hydrogen-bond donors (Lipinski definition) is 1. The molecule has 1 saturated heterocycles. The van der Waals surface area contributed by atoms with E-state index in [9.17, 15) is 4.79 Å². The normalized spacial score (nSPS) is 18.6. The van der Waals surface area contributed by atoms with Crippen LogP contribution in [0.1, 0.15) is 47.9 Å². The maximum Gasteiger partial charge on any atom is 0.252 e. The second-order valence-corrected chi connectivity index (χ2v) is 7.77. The summed E-state index contributed by atoms with van der Waals surface area (Å²) in [6.45, 7) is 8.37. The summed E-state index contributed by atoms with van der Waals surface area (Å²) in [7, 11) is 0. The molecule has 0 aliphatic carbocycles. The van der Waals surface area contributed by atoms with Crippen LogP contribution in [0, 0.1) is 0 Å². The number of primary amides is 1. The van der Waals surface area contributed by atoms with Crippen molar-refractivity contribution in [3.63, 3.8) is 0 Å². The molecule has 24 heavy (non-hydrogen) atoms. The molecule has 1 fully saturated rings. The van der Waals surface area contributed by atoms with Crippen LogP contribution in [0.2, 0.25) is 0 Å². The van der Waals surface area contributed by atoms with Gasteiger partial charge in [-0.05, 0) is 6.07 Å². The van der Waals surface area contributed by atoms with Crippen molar-refractivity contribution in [3.8, 4) is 0 Å². The average Bonchev–Trinajstić information content (AvgIpc) is 3.05. The predicted molar refractivity (Wildman–Crippen MR) is 94.5 cm³/mol. The third kappa shape index (κ3) is 3.42. The second kappa shape index (κ2) is 6.49. The first kappa shape index (κ1) is 16.9. The van der Waals surface area contributed by atoms with Gasteiger partial charge in [0.2, 0.25) is 0 Å². The van der Waals surface area contributed by atoms with Gasteiger partial charge in [-0.1, -0.05) is 20.8 Å². The number of ether oxygens (including phenoxy) is 1. The fraction of sp³-hybridized carbons (Fsp3) is 0.471. The predicted octanol–water partition coefficient (Wildman–Crippen LogP) is 2.51. The van der Waals surface area contributed by atoms with Gasteiger partial charge in [-0.3, -0.25) is 9.78 Å². The number of thiazole rings is 1. The molecular weight excluding hydrogens is 324 g/mol. The van der Waals surface area contributed by atoms with E-state index in [0.717, 1.165) is 16.4 Å². The molecule has 6 nitrogen and oxygen atoms in total. The topological polar surface area (TPSA) is 81.3 Å². The molecule has 0 unspecified atom stereocenters. The highest BCUT2D eigenvalue weighted by Gasteiger charge is 2.28.